The van der Waals surface area contributed by atoms with Crippen LogP contribution in [0.25, 0.3) is 22.6 Å². The van der Waals surface area contributed by atoms with Crippen LogP contribution in [0.4, 0.5) is 10.1 Å². The predicted octanol–water partition coefficient (Wildman–Crippen LogP) is 5.07. The molecule has 6 heteroatoms. The van der Waals surface area contributed by atoms with E-state index in [2.05, 4.69) is 10.3 Å². The molecule has 4 rings (SSSR count). The molecule has 1 aromatic heterocycles. The van der Waals surface area contributed by atoms with Gasteiger partial charge in [-0.15, -0.1) is 0 Å². The summed E-state index contributed by atoms with van der Waals surface area (Å²) in [6.07, 6.45) is 0. The Labute approximate surface area is 160 Å². The predicted molar refractivity (Wildman–Crippen MR) is 103 cm³/mol. The number of nitriles is 1. The van der Waals surface area contributed by atoms with Gasteiger partial charge in [-0.3, -0.25) is 4.79 Å². The summed E-state index contributed by atoms with van der Waals surface area (Å²) in [6.45, 7) is 1.99. The van der Waals surface area contributed by atoms with Gasteiger partial charge in [-0.1, -0.05) is 17.7 Å². The zero-order valence-corrected chi connectivity index (χ0v) is 14.9. The van der Waals surface area contributed by atoms with Gasteiger partial charge in [0.25, 0.3) is 5.91 Å². The number of carbonyl (C=O) groups excluding carboxylic acids is 1. The number of hydrogen-bond acceptors (Lipinski definition) is 4. The highest BCUT2D eigenvalue weighted by Gasteiger charge is 2.14. The fraction of sp³-hybridized carbons (Fsp3) is 0.0455. The van der Waals surface area contributed by atoms with Gasteiger partial charge in [-0.25, -0.2) is 9.37 Å². The molecule has 4 aromatic rings. The molecule has 0 spiro atoms. The minimum atomic E-state index is -0.749. The van der Waals surface area contributed by atoms with Crippen LogP contribution < -0.4 is 5.32 Å². The van der Waals surface area contributed by atoms with E-state index in [1.807, 2.05) is 37.3 Å². The number of benzene rings is 3. The van der Waals surface area contributed by atoms with Crippen LogP contribution >= 0.6 is 0 Å². The van der Waals surface area contributed by atoms with Gasteiger partial charge < -0.3 is 9.73 Å². The number of carbonyl (C=O) groups is 1. The number of hydrogen-bond donors (Lipinski definition) is 1. The zero-order valence-electron chi connectivity index (χ0n) is 14.9. The van der Waals surface area contributed by atoms with Crippen molar-refractivity contribution in [2.24, 2.45) is 0 Å². The first-order valence-electron chi connectivity index (χ1n) is 8.52. The number of halogens is 1. The number of oxazole rings is 1. The maximum absolute atomic E-state index is 14.0. The number of nitrogens with one attached hydrogen (secondary N) is 1. The van der Waals surface area contributed by atoms with E-state index in [9.17, 15) is 9.18 Å². The first-order chi connectivity index (χ1) is 13.5. The second-order valence-electron chi connectivity index (χ2n) is 6.33. The van der Waals surface area contributed by atoms with Crippen LogP contribution in [0, 0.1) is 24.1 Å². The van der Waals surface area contributed by atoms with Crippen molar-refractivity contribution in [2.75, 3.05) is 5.32 Å². The van der Waals surface area contributed by atoms with Crippen molar-refractivity contribution in [3.8, 4) is 17.5 Å². The summed E-state index contributed by atoms with van der Waals surface area (Å²) >= 11 is 0. The van der Waals surface area contributed by atoms with E-state index in [0.717, 1.165) is 17.2 Å². The Bertz CT molecular complexity index is 1250. The Morgan fingerprint density at radius 1 is 1.14 bits per heavy atom. The number of anilines is 1. The van der Waals surface area contributed by atoms with Crippen LogP contribution in [0.15, 0.2) is 65.1 Å². The first-order valence-corrected chi connectivity index (χ1v) is 8.52. The van der Waals surface area contributed by atoms with Crippen molar-refractivity contribution >= 4 is 22.7 Å². The van der Waals surface area contributed by atoms with E-state index in [-0.39, 0.29) is 11.1 Å². The molecule has 1 heterocycles. The molecule has 0 atom stereocenters. The molecule has 136 valence electrons. The van der Waals surface area contributed by atoms with Gasteiger partial charge in [0, 0.05) is 11.3 Å². The molecule has 1 amide bonds. The summed E-state index contributed by atoms with van der Waals surface area (Å²) in [7, 11) is 0. The Morgan fingerprint density at radius 3 is 2.75 bits per heavy atom. The van der Waals surface area contributed by atoms with Crippen LogP contribution in [-0.4, -0.2) is 10.9 Å². The van der Waals surface area contributed by atoms with Crippen molar-refractivity contribution in [1.82, 2.24) is 4.98 Å². The molecule has 0 fully saturated rings. The number of amides is 1. The van der Waals surface area contributed by atoms with E-state index in [0.29, 0.717) is 22.7 Å². The van der Waals surface area contributed by atoms with Gasteiger partial charge >= 0.3 is 0 Å². The summed E-state index contributed by atoms with van der Waals surface area (Å²) in [5, 5.41) is 11.4. The Hall–Kier alpha value is -3.98. The van der Waals surface area contributed by atoms with Gasteiger partial charge in [0.1, 0.15) is 11.3 Å². The third kappa shape index (κ3) is 3.33. The molecule has 1 N–H and O–H groups in total. The molecule has 0 saturated heterocycles. The van der Waals surface area contributed by atoms with Crippen LogP contribution in [0.2, 0.25) is 0 Å². The fourth-order valence-electron chi connectivity index (χ4n) is 2.87. The van der Waals surface area contributed by atoms with Gasteiger partial charge in [-0.05, 0) is 55.5 Å². The van der Waals surface area contributed by atoms with Gasteiger partial charge in [-0.2, -0.15) is 5.26 Å². The molecular formula is C22H14FN3O2. The summed E-state index contributed by atoms with van der Waals surface area (Å²) < 4.78 is 19.8. The van der Waals surface area contributed by atoms with Gasteiger partial charge in [0.05, 0.1) is 17.2 Å². The maximum Gasteiger partial charge on any atom is 0.258 e. The number of aromatic nitrogens is 1. The lowest BCUT2D eigenvalue weighted by atomic mass is 10.1. The molecule has 0 radical (unpaired) electrons. The highest BCUT2D eigenvalue weighted by atomic mass is 19.1. The largest absolute Gasteiger partial charge is 0.436 e. The molecule has 5 nitrogen and oxygen atoms in total. The number of fused-ring (bicyclic) bond motifs is 1. The quantitative estimate of drug-likeness (QED) is 0.545. The van der Waals surface area contributed by atoms with Gasteiger partial charge in [0.2, 0.25) is 5.89 Å². The van der Waals surface area contributed by atoms with E-state index >= 15 is 0 Å². The van der Waals surface area contributed by atoms with Crippen LogP contribution in [0.5, 0.6) is 0 Å². The summed E-state index contributed by atoms with van der Waals surface area (Å²) in [5.74, 6) is -0.871. The minimum Gasteiger partial charge on any atom is -0.436 e. The Balaban J connectivity index is 1.61. The molecule has 0 aliphatic carbocycles. The fourth-order valence-corrected chi connectivity index (χ4v) is 2.87. The minimum absolute atomic E-state index is 0.139. The Morgan fingerprint density at radius 2 is 2.00 bits per heavy atom. The smallest absolute Gasteiger partial charge is 0.258 e. The standard InChI is InChI=1S/C22H14FN3O2/c1-13-3-2-4-15(9-13)22-26-19-11-16(6-8-20(19)28-22)25-21(27)17-7-5-14(12-24)10-18(17)23/h2-11H,1H3,(H,25,27). The lowest BCUT2D eigenvalue weighted by molar-refractivity contribution is 0.102. The molecule has 0 unspecified atom stereocenters. The van der Waals surface area contributed by atoms with E-state index in [1.165, 1.54) is 12.1 Å². The number of nitrogens with zero attached hydrogens (tertiary/aromatic N) is 2. The van der Waals surface area contributed by atoms with E-state index in [1.54, 1.807) is 18.2 Å². The third-order valence-electron chi connectivity index (χ3n) is 4.25. The number of rotatable bonds is 3. The topological polar surface area (TPSA) is 78.9 Å². The van der Waals surface area contributed by atoms with Crippen LogP contribution in [-0.2, 0) is 0 Å². The molecular weight excluding hydrogens is 357 g/mol. The third-order valence-corrected chi connectivity index (χ3v) is 4.25. The lowest BCUT2D eigenvalue weighted by Gasteiger charge is -2.06. The van der Waals surface area contributed by atoms with Crippen molar-refractivity contribution in [1.29, 1.82) is 5.26 Å². The zero-order chi connectivity index (χ0) is 19.7. The second-order valence-corrected chi connectivity index (χ2v) is 6.33. The molecule has 3 aromatic carbocycles. The number of aryl methyl sites for hydroxylation is 1. The SMILES string of the molecule is Cc1cccc(-c2nc3cc(NC(=O)c4ccc(C#N)cc4F)ccc3o2)c1. The molecule has 0 saturated carbocycles. The average Bonchev–Trinajstić information content (AvgIpc) is 3.11. The van der Waals surface area contributed by atoms with Crippen LogP contribution in [0.3, 0.4) is 0 Å². The molecule has 0 bridgehead atoms. The lowest BCUT2D eigenvalue weighted by Crippen LogP contribution is -2.13. The normalized spacial score (nSPS) is 10.6. The van der Waals surface area contributed by atoms with Crippen molar-refractivity contribution in [3.05, 3.63) is 83.2 Å². The average molecular weight is 371 g/mol. The van der Waals surface area contributed by atoms with E-state index < -0.39 is 11.7 Å². The van der Waals surface area contributed by atoms with Crippen molar-refractivity contribution in [2.45, 2.75) is 6.92 Å². The van der Waals surface area contributed by atoms with Crippen LogP contribution in [0.1, 0.15) is 21.5 Å². The summed E-state index contributed by atoms with van der Waals surface area (Å²) in [6, 6.07) is 18.4. The first kappa shape index (κ1) is 17.4. The maximum atomic E-state index is 14.0. The van der Waals surface area contributed by atoms with E-state index in [4.69, 9.17) is 9.68 Å². The molecule has 28 heavy (non-hydrogen) atoms. The molecule has 0 aliphatic heterocycles. The van der Waals surface area contributed by atoms with Crippen molar-refractivity contribution < 1.29 is 13.6 Å². The Kier molecular flexibility index (Phi) is 4.34. The molecule has 0 aliphatic rings. The summed E-state index contributed by atoms with van der Waals surface area (Å²) in [5.41, 5.74) is 3.60. The second kappa shape index (κ2) is 6.97. The highest BCUT2D eigenvalue weighted by molar-refractivity contribution is 6.05. The summed E-state index contributed by atoms with van der Waals surface area (Å²) in [4.78, 5) is 16.8. The monoisotopic (exact) mass is 371 g/mol. The highest BCUT2D eigenvalue weighted by Crippen LogP contribution is 2.27. The van der Waals surface area contributed by atoms with Gasteiger partial charge in [0.15, 0.2) is 5.58 Å². The van der Waals surface area contributed by atoms with Crippen molar-refractivity contribution in [3.63, 3.8) is 0 Å².